The number of benzene rings is 1. The quantitative estimate of drug-likeness (QED) is 0.198. The van der Waals surface area contributed by atoms with E-state index < -0.39 is 64.6 Å². The molecule has 2 heterocycles. The highest BCUT2D eigenvalue weighted by atomic mass is 19.4. The van der Waals surface area contributed by atoms with Gasteiger partial charge >= 0.3 is 18.5 Å². The first-order chi connectivity index (χ1) is 28.5. The Hall–Kier alpha value is -4.19. The minimum absolute atomic E-state index is 0.00861. The number of amides is 2. The van der Waals surface area contributed by atoms with Crippen LogP contribution in [0.3, 0.4) is 0 Å². The largest absolute Gasteiger partial charge is 0.399 e. The second-order valence-electron chi connectivity index (χ2n) is 17.1. The van der Waals surface area contributed by atoms with Crippen LogP contribution in [0, 0.1) is 17.0 Å². The van der Waals surface area contributed by atoms with Crippen molar-refractivity contribution in [2.45, 2.75) is 158 Å². The number of aromatic nitrogens is 4. The number of hydrogen-bond acceptors (Lipinski definition) is 4. The number of carbonyl (C=O) groups is 2. The lowest BCUT2D eigenvalue weighted by molar-refractivity contribution is -0.215. The Morgan fingerprint density at radius 3 is 1.38 bits per heavy atom. The molecule has 3 aromatic rings. The standard InChI is InChI=1S/C21H22F5N3O.C19H23F6N3O.C2H6/c1-29-18(20(8-3-9-20)21(24,25)26)17(13-4-2-5-13)19(28-29)27-16(30)11-12-6-7-14(22)15(23)10-12;1-28-14(17(6-3-7-17)19(23,24)25)13(11-4-2-5-11)15(27-28)26-12(29)10-16(8-9-16)18(20,21)22;1-2/h6-7,10,13H,2-5,8-9,11H2,1H3,(H,27,28,30);11H,2-10H2,1H3,(H,26,27,29);1-2H3. The summed E-state index contributed by atoms with van der Waals surface area (Å²) in [5.74, 6) is -3.57. The molecule has 8 rings (SSSR count). The third-order valence-corrected chi connectivity index (χ3v) is 13.4. The Morgan fingerprint density at radius 2 is 1.07 bits per heavy atom. The van der Waals surface area contributed by atoms with Crippen molar-refractivity contribution in [1.82, 2.24) is 19.6 Å². The second kappa shape index (κ2) is 16.8. The van der Waals surface area contributed by atoms with E-state index in [0.717, 1.165) is 37.8 Å². The molecule has 2 amide bonds. The van der Waals surface area contributed by atoms with E-state index in [4.69, 9.17) is 0 Å². The molecule has 1 aromatic carbocycles. The first-order valence-electron chi connectivity index (χ1n) is 20.9. The molecular formula is C42H51F11N6O2. The molecular weight excluding hydrogens is 829 g/mol. The molecule has 5 saturated carbocycles. The highest BCUT2D eigenvalue weighted by molar-refractivity contribution is 5.92. The number of halogens is 11. The fraction of sp³-hybridized carbons (Fsp3) is 0.667. The topological polar surface area (TPSA) is 93.8 Å². The summed E-state index contributed by atoms with van der Waals surface area (Å²) in [5.41, 5.74) is -4.62. The van der Waals surface area contributed by atoms with Crippen LogP contribution in [0.1, 0.15) is 150 Å². The molecule has 0 saturated heterocycles. The van der Waals surface area contributed by atoms with Crippen LogP contribution >= 0.6 is 0 Å². The molecule has 0 unspecified atom stereocenters. The molecule has 338 valence electrons. The number of nitrogens with zero attached hydrogens (tertiary/aromatic N) is 4. The van der Waals surface area contributed by atoms with Gasteiger partial charge in [-0.25, -0.2) is 8.78 Å². The predicted octanol–water partition coefficient (Wildman–Crippen LogP) is 11.5. The van der Waals surface area contributed by atoms with E-state index >= 15 is 0 Å². The summed E-state index contributed by atoms with van der Waals surface area (Å²) < 4.78 is 152. The highest BCUT2D eigenvalue weighted by Gasteiger charge is 2.65. The second-order valence-corrected chi connectivity index (χ2v) is 17.1. The monoisotopic (exact) mass is 880 g/mol. The van der Waals surface area contributed by atoms with Gasteiger partial charge in [-0.15, -0.1) is 0 Å². The summed E-state index contributed by atoms with van der Waals surface area (Å²) in [7, 11) is 2.89. The van der Waals surface area contributed by atoms with Gasteiger partial charge in [0.2, 0.25) is 11.8 Å². The molecule has 61 heavy (non-hydrogen) atoms. The lowest BCUT2D eigenvalue weighted by Crippen LogP contribution is -2.50. The van der Waals surface area contributed by atoms with Crippen molar-refractivity contribution in [3.63, 3.8) is 0 Å². The number of anilines is 2. The Bertz CT molecular complexity index is 2080. The Balaban J connectivity index is 0.000000196. The predicted molar refractivity (Wildman–Crippen MR) is 204 cm³/mol. The van der Waals surface area contributed by atoms with Gasteiger partial charge in [0.15, 0.2) is 23.3 Å². The Morgan fingerprint density at radius 1 is 0.639 bits per heavy atom. The zero-order valence-electron chi connectivity index (χ0n) is 34.5. The van der Waals surface area contributed by atoms with Gasteiger partial charge in [-0.05, 0) is 93.7 Å². The van der Waals surface area contributed by atoms with Crippen LogP contribution in [0.4, 0.5) is 59.9 Å². The molecule has 5 aliphatic carbocycles. The Labute approximate surface area is 346 Å². The zero-order valence-corrected chi connectivity index (χ0v) is 34.5. The number of nitrogens with one attached hydrogen (secondary N) is 2. The van der Waals surface area contributed by atoms with Gasteiger partial charge in [0.25, 0.3) is 0 Å². The van der Waals surface area contributed by atoms with E-state index in [0.29, 0.717) is 36.8 Å². The molecule has 2 aromatic heterocycles. The third-order valence-electron chi connectivity index (χ3n) is 13.4. The van der Waals surface area contributed by atoms with E-state index in [9.17, 15) is 57.9 Å². The molecule has 0 bridgehead atoms. The first kappa shape index (κ1) is 46.3. The number of rotatable bonds is 10. The lowest BCUT2D eigenvalue weighted by Gasteiger charge is -2.44. The van der Waals surface area contributed by atoms with Gasteiger partial charge in [0, 0.05) is 31.6 Å². The van der Waals surface area contributed by atoms with Crippen LogP contribution in [-0.4, -0.2) is 49.9 Å². The van der Waals surface area contributed by atoms with Crippen molar-refractivity contribution in [3.8, 4) is 0 Å². The smallest absolute Gasteiger partial charge is 0.309 e. The van der Waals surface area contributed by atoms with E-state index in [1.165, 1.54) is 29.5 Å². The van der Waals surface area contributed by atoms with Crippen LogP contribution in [0.25, 0.3) is 0 Å². The summed E-state index contributed by atoms with van der Waals surface area (Å²) in [6.07, 6.45) is -8.97. The number of carbonyl (C=O) groups excluding carboxylic acids is 2. The van der Waals surface area contributed by atoms with Gasteiger partial charge in [-0.3, -0.25) is 19.0 Å². The van der Waals surface area contributed by atoms with Gasteiger partial charge in [0.05, 0.1) is 23.2 Å². The zero-order chi connectivity index (χ0) is 44.9. The lowest BCUT2D eigenvalue weighted by atomic mass is 9.63. The van der Waals surface area contributed by atoms with Crippen LogP contribution in [0.5, 0.6) is 0 Å². The summed E-state index contributed by atoms with van der Waals surface area (Å²) in [4.78, 5) is 24.9. The maximum absolute atomic E-state index is 14.0. The molecule has 8 nitrogen and oxygen atoms in total. The molecule has 19 heteroatoms. The van der Waals surface area contributed by atoms with Crippen LogP contribution in [0.2, 0.25) is 0 Å². The van der Waals surface area contributed by atoms with E-state index in [-0.39, 0.29) is 85.4 Å². The average Bonchev–Trinajstić information content (AvgIpc) is 3.72. The summed E-state index contributed by atoms with van der Waals surface area (Å²) in [5, 5.41) is 13.4. The van der Waals surface area contributed by atoms with Crippen molar-refractivity contribution in [1.29, 1.82) is 0 Å². The Kier molecular flexibility index (Phi) is 12.8. The SMILES string of the molecule is CC.Cn1nc(NC(=O)CC2(C(F)(F)F)CC2)c(C2CCC2)c1C1(C(F)(F)F)CCC1.Cn1nc(NC(=O)Cc2ccc(F)c(F)c2)c(C2CCC2)c1C1(C(F)(F)F)CCC1. The number of hydrogen-bond donors (Lipinski definition) is 2. The van der Waals surface area contributed by atoms with Crippen LogP contribution in [-0.2, 0) is 40.9 Å². The minimum Gasteiger partial charge on any atom is -0.309 e. The number of aryl methyl sites for hydroxylation is 2. The van der Waals surface area contributed by atoms with Crippen molar-refractivity contribution in [2.75, 3.05) is 10.6 Å². The normalized spacial score (nSPS) is 20.3. The summed E-state index contributed by atoms with van der Waals surface area (Å²) >= 11 is 0. The molecule has 5 aliphatic rings. The van der Waals surface area contributed by atoms with Gasteiger partial charge < -0.3 is 10.6 Å². The van der Waals surface area contributed by atoms with E-state index in [1.54, 1.807) is 0 Å². The molecule has 2 N–H and O–H groups in total. The molecule has 0 aliphatic heterocycles. The summed E-state index contributed by atoms with van der Waals surface area (Å²) in [6.45, 7) is 4.00. The minimum atomic E-state index is -4.47. The van der Waals surface area contributed by atoms with E-state index in [2.05, 4.69) is 20.8 Å². The summed E-state index contributed by atoms with van der Waals surface area (Å²) in [6, 6.07) is 3.15. The molecule has 0 spiro atoms. The third kappa shape index (κ3) is 8.51. The number of alkyl halides is 9. The highest BCUT2D eigenvalue weighted by Crippen LogP contribution is 2.61. The van der Waals surface area contributed by atoms with Crippen molar-refractivity contribution < 1.29 is 57.9 Å². The molecule has 5 fully saturated rings. The maximum Gasteiger partial charge on any atom is 0.399 e. The fourth-order valence-electron chi connectivity index (χ4n) is 9.14. The maximum atomic E-state index is 14.0. The van der Waals surface area contributed by atoms with Crippen LogP contribution < -0.4 is 10.6 Å². The average molecular weight is 881 g/mol. The van der Waals surface area contributed by atoms with Gasteiger partial charge in [-0.1, -0.05) is 45.6 Å². The van der Waals surface area contributed by atoms with Crippen molar-refractivity contribution in [2.24, 2.45) is 19.5 Å². The van der Waals surface area contributed by atoms with Gasteiger partial charge in [-0.2, -0.15) is 49.7 Å². The molecule has 0 radical (unpaired) electrons. The molecule has 0 atom stereocenters. The van der Waals surface area contributed by atoms with Crippen molar-refractivity contribution in [3.05, 3.63) is 57.9 Å². The van der Waals surface area contributed by atoms with Gasteiger partial charge in [0.1, 0.15) is 10.8 Å². The fourth-order valence-corrected chi connectivity index (χ4v) is 9.14. The first-order valence-corrected chi connectivity index (χ1v) is 20.9. The van der Waals surface area contributed by atoms with Crippen LogP contribution in [0.15, 0.2) is 18.2 Å². The van der Waals surface area contributed by atoms with Crippen molar-refractivity contribution >= 4 is 23.5 Å². The van der Waals surface area contributed by atoms with E-state index in [1.807, 2.05) is 13.8 Å².